The number of aromatic nitrogens is 1. The average molecular weight is 615 g/mol. The fourth-order valence-electron chi connectivity index (χ4n) is 6.76. The minimum Gasteiger partial charge on any atom is -0.454 e. The lowest BCUT2D eigenvalue weighted by Gasteiger charge is -2.28. The van der Waals surface area contributed by atoms with Crippen molar-refractivity contribution in [3.63, 3.8) is 0 Å². The van der Waals surface area contributed by atoms with Crippen LogP contribution in [0.3, 0.4) is 0 Å². The van der Waals surface area contributed by atoms with Crippen LogP contribution in [0.5, 0.6) is 0 Å². The lowest BCUT2D eigenvalue weighted by Crippen LogP contribution is -2.11. The lowest BCUT2D eigenvalue weighted by atomic mass is 10.0. The largest absolute Gasteiger partial charge is 0.454 e. The molecule has 48 heavy (non-hydrogen) atoms. The van der Waals surface area contributed by atoms with Gasteiger partial charge in [-0.2, -0.15) is 0 Å². The number of para-hydroxylation sites is 1. The van der Waals surface area contributed by atoms with Crippen LogP contribution in [0.1, 0.15) is 0 Å². The van der Waals surface area contributed by atoms with Crippen molar-refractivity contribution in [3.05, 3.63) is 182 Å². The topological polar surface area (TPSA) is 29.3 Å². The summed E-state index contributed by atoms with van der Waals surface area (Å²) in [5, 5.41) is 3.41. The highest BCUT2D eigenvalue weighted by atomic mass is 16.3. The molecule has 0 radical (unpaired) electrons. The summed E-state index contributed by atoms with van der Waals surface area (Å²) in [5.74, 6) is 0. The van der Waals surface area contributed by atoms with E-state index in [0.717, 1.165) is 55.6 Å². The van der Waals surface area contributed by atoms with E-state index in [0.29, 0.717) is 0 Å². The van der Waals surface area contributed by atoms with Gasteiger partial charge in [-0.3, -0.25) is 4.98 Å². The van der Waals surface area contributed by atoms with Crippen LogP contribution in [0.2, 0.25) is 0 Å². The van der Waals surface area contributed by atoms with Crippen LogP contribution >= 0.6 is 0 Å². The molecule has 0 fully saturated rings. The summed E-state index contributed by atoms with van der Waals surface area (Å²) in [7, 11) is 0. The maximum Gasteiger partial charge on any atom is 0.154 e. The Morgan fingerprint density at radius 1 is 0.438 bits per heavy atom. The highest BCUT2D eigenvalue weighted by Crippen LogP contribution is 2.42. The molecule has 0 unspecified atom stereocenters. The van der Waals surface area contributed by atoms with Crippen LogP contribution in [0.15, 0.2) is 187 Å². The second-order valence-corrected chi connectivity index (χ2v) is 12.0. The SMILES string of the molecule is c1ccc(-c2ccc(N(c3ccc(-c4cnc5c(c4)oc4ccc6ccccc6c45)cc3)c3ccccc3-c3ccccc3)cc2)cc1. The molecule has 2 heterocycles. The predicted molar refractivity (Wildman–Crippen MR) is 200 cm³/mol. The summed E-state index contributed by atoms with van der Waals surface area (Å²) in [4.78, 5) is 7.26. The molecule has 0 saturated carbocycles. The Labute approximate surface area is 279 Å². The zero-order valence-electron chi connectivity index (χ0n) is 26.1. The predicted octanol–water partition coefficient (Wildman–Crippen LogP) is 12.6. The van der Waals surface area contributed by atoms with Gasteiger partial charge in [-0.1, -0.05) is 133 Å². The number of hydrogen-bond donors (Lipinski definition) is 0. The van der Waals surface area contributed by atoms with Gasteiger partial charge in [0.2, 0.25) is 0 Å². The van der Waals surface area contributed by atoms with E-state index in [4.69, 9.17) is 9.40 Å². The molecule has 226 valence electrons. The molecule has 3 heteroatoms. The number of fused-ring (bicyclic) bond motifs is 5. The van der Waals surface area contributed by atoms with Crippen LogP contribution in [-0.4, -0.2) is 4.98 Å². The smallest absolute Gasteiger partial charge is 0.154 e. The molecular weight excluding hydrogens is 585 g/mol. The summed E-state index contributed by atoms with van der Waals surface area (Å²) in [6.07, 6.45) is 1.96. The average Bonchev–Trinajstić information content (AvgIpc) is 3.55. The maximum atomic E-state index is 6.33. The maximum absolute atomic E-state index is 6.33. The van der Waals surface area contributed by atoms with Crippen molar-refractivity contribution < 1.29 is 4.42 Å². The highest BCUT2D eigenvalue weighted by Gasteiger charge is 2.18. The van der Waals surface area contributed by atoms with E-state index < -0.39 is 0 Å². The fraction of sp³-hybridized carbons (Fsp3) is 0. The van der Waals surface area contributed by atoms with Gasteiger partial charge in [0.15, 0.2) is 5.58 Å². The summed E-state index contributed by atoms with van der Waals surface area (Å²) in [6, 6.07) is 61.9. The molecule has 0 spiro atoms. The highest BCUT2D eigenvalue weighted by molar-refractivity contribution is 6.17. The third kappa shape index (κ3) is 4.90. The minimum absolute atomic E-state index is 0.792. The number of hydrogen-bond acceptors (Lipinski definition) is 3. The molecular formula is C45H30N2O. The number of pyridine rings is 1. The van der Waals surface area contributed by atoms with E-state index in [9.17, 15) is 0 Å². The first kappa shape index (κ1) is 27.8. The molecule has 0 aliphatic heterocycles. The first-order valence-electron chi connectivity index (χ1n) is 16.2. The molecule has 0 aliphatic rings. The van der Waals surface area contributed by atoms with Gasteiger partial charge >= 0.3 is 0 Å². The van der Waals surface area contributed by atoms with Crippen molar-refractivity contribution in [2.24, 2.45) is 0 Å². The van der Waals surface area contributed by atoms with Crippen molar-refractivity contribution in [2.45, 2.75) is 0 Å². The Morgan fingerprint density at radius 2 is 1.02 bits per heavy atom. The van der Waals surface area contributed by atoms with Crippen LogP contribution in [0, 0.1) is 0 Å². The number of benzene rings is 7. The quantitative estimate of drug-likeness (QED) is 0.187. The molecule has 3 nitrogen and oxygen atoms in total. The zero-order chi connectivity index (χ0) is 31.9. The minimum atomic E-state index is 0.792. The van der Waals surface area contributed by atoms with Gasteiger partial charge < -0.3 is 9.32 Å². The first-order chi connectivity index (χ1) is 23.8. The standard InChI is InChI=1S/C45H30N2O/c1-3-11-31(12-4-1)32-19-24-37(25-20-32)47(41-18-10-9-16-39(41)34-13-5-2-6-14-34)38-26-21-33(22-27-38)36-29-43-45(46-30-36)44-40-17-8-7-15-35(40)23-28-42(44)48-43/h1-30H. The van der Waals surface area contributed by atoms with Crippen LogP contribution < -0.4 is 4.90 Å². The van der Waals surface area contributed by atoms with Crippen molar-refractivity contribution in [2.75, 3.05) is 4.90 Å². The zero-order valence-corrected chi connectivity index (χ0v) is 26.1. The van der Waals surface area contributed by atoms with E-state index in [1.54, 1.807) is 0 Å². The van der Waals surface area contributed by atoms with Crippen molar-refractivity contribution in [3.8, 4) is 33.4 Å². The normalized spacial score (nSPS) is 11.3. The van der Waals surface area contributed by atoms with E-state index in [1.807, 2.05) is 12.3 Å². The summed E-state index contributed by atoms with van der Waals surface area (Å²) in [5.41, 5.74) is 12.6. The van der Waals surface area contributed by atoms with Gasteiger partial charge in [-0.25, -0.2) is 0 Å². The molecule has 9 aromatic rings. The summed E-state index contributed by atoms with van der Waals surface area (Å²) in [6.45, 7) is 0. The Bertz CT molecular complexity index is 2540. The van der Waals surface area contributed by atoms with Crippen LogP contribution in [-0.2, 0) is 0 Å². The Hall–Kier alpha value is -6.45. The van der Waals surface area contributed by atoms with E-state index in [1.165, 1.54) is 27.6 Å². The first-order valence-corrected chi connectivity index (χ1v) is 16.2. The Balaban J connectivity index is 1.13. The van der Waals surface area contributed by atoms with Gasteiger partial charge in [0.25, 0.3) is 0 Å². The third-order valence-electron chi connectivity index (χ3n) is 9.12. The van der Waals surface area contributed by atoms with Crippen molar-refractivity contribution in [1.29, 1.82) is 0 Å². The van der Waals surface area contributed by atoms with E-state index in [2.05, 4.69) is 175 Å². The summed E-state index contributed by atoms with van der Waals surface area (Å²) >= 11 is 0. The molecule has 0 saturated heterocycles. The monoisotopic (exact) mass is 614 g/mol. The summed E-state index contributed by atoms with van der Waals surface area (Å²) < 4.78 is 6.33. The van der Waals surface area contributed by atoms with Crippen molar-refractivity contribution >= 4 is 49.9 Å². The molecule has 0 amide bonds. The molecule has 2 aromatic heterocycles. The van der Waals surface area contributed by atoms with Gasteiger partial charge in [-0.05, 0) is 75.5 Å². The molecule has 0 aliphatic carbocycles. The third-order valence-corrected chi connectivity index (χ3v) is 9.12. The van der Waals surface area contributed by atoms with Gasteiger partial charge in [-0.15, -0.1) is 0 Å². The van der Waals surface area contributed by atoms with Gasteiger partial charge in [0.1, 0.15) is 11.1 Å². The Kier molecular flexibility index (Phi) is 6.80. The van der Waals surface area contributed by atoms with Gasteiger partial charge in [0.05, 0.1) is 11.1 Å². The second kappa shape index (κ2) is 11.7. The number of furan rings is 1. The molecule has 0 bridgehead atoms. The molecule has 9 rings (SSSR count). The van der Waals surface area contributed by atoms with Crippen LogP contribution in [0.4, 0.5) is 17.1 Å². The van der Waals surface area contributed by atoms with E-state index >= 15 is 0 Å². The fourth-order valence-corrected chi connectivity index (χ4v) is 6.76. The number of rotatable bonds is 6. The van der Waals surface area contributed by atoms with E-state index in [-0.39, 0.29) is 0 Å². The lowest BCUT2D eigenvalue weighted by molar-refractivity contribution is 0.668. The van der Waals surface area contributed by atoms with Crippen LogP contribution in [0.25, 0.3) is 66.2 Å². The molecule has 0 atom stereocenters. The number of anilines is 3. The van der Waals surface area contributed by atoms with Crippen molar-refractivity contribution in [1.82, 2.24) is 4.98 Å². The van der Waals surface area contributed by atoms with Gasteiger partial charge in [0, 0.05) is 28.7 Å². The molecule has 7 aromatic carbocycles. The second-order valence-electron chi connectivity index (χ2n) is 12.0. The number of nitrogens with zero attached hydrogens (tertiary/aromatic N) is 2. The molecule has 0 N–H and O–H groups in total. The Morgan fingerprint density at radius 3 is 1.75 bits per heavy atom.